The lowest BCUT2D eigenvalue weighted by Gasteiger charge is -2.37. The first-order chi connectivity index (χ1) is 23.7. The number of carbonyl (C=O) groups is 2. The fourth-order valence-electron chi connectivity index (χ4n) is 7.14. The van der Waals surface area contributed by atoms with Gasteiger partial charge < -0.3 is 24.0 Å². The number of anilines is 1. The van der Waals surface area contributed by atoms with Gasteiger partial charge in [0, 0.05) is 35.5 Å². The van der Waals surface area contributed by atoms with Gasteiger partial charge in [-0.25, -0.2) is 9.18 Å². The molecule has 5 heterocycles. The molecule has 0 spiro atoms. The van der Waals surface area contributed by atoms with Crippen LogP contribution in [0.5, 0.6) is 5.75 Å². The fourth-order valence-corrected chi connectivity index (χ4v) is 7.79. The van der Waals surface area contributed by atoms with Gasteiger partial charge >= 0.3 is 5.97 Å². The molecule has 1 amide bonds. The minimum absolute atomic E-state index is 0.0751. The summed E-state index contributed by atoms with van der Waals surface area (Å²) in [4.78, 5) is 36.0. The van der Waals surface area contributed by atoms with Crippen LogP contribution in [0.25, 0.3) is 33.3 Å². The normalized spacial score (nSPS) is 18.4. The van der Waals surface area contributed by atoms with Crippen molar-refractivity contribution in [3.05, 3.63) is 87.4 Å². The monoisotopic (exact) mass is 702 g/mol. The minimum atomic E-state index is -0.611. The number of carbonyl (C=O) groups excluding carboxylic acids is 2. The number of amides is 1. The van der Waals surface area contributed by atoms with E-state index in [9.17, 15) is 9.59 Å². The lowest BCUT2D eigenvalue weighted by molar-refractivity contribution is 0.0515. The fraction of sp³-hybridized carbons (Fsp3) is 0.286. The molecular weight excluding hydrogens is 674 g/mol. The van der Waals surface area contributed by atoms with Crippen LogP contribution in [0.3, 0.4) is 0 Å². The number of rotatable bonds is 5. The molecule has 0 saturated carbocycles. The number of ether oxygens (including phenoxy) is 3. The molecule has 0 N–H and O–H groups in total. The molecule has 2 fully saturated rings. The summed E-state index contributed by atoms with van der Waals surface area (Å²) >= 11 is 13.4. The number of aromatic nitrogens is 4. The van der Waals surface area contributed by atoms with Crippen LogP contribution >= 0.6 is 23.2 Å². The Morgan fingerprint density at radius 3 is 2.47 bits per heavy atom. The summed E-state index contributed by atoms with van der Waals surface area (Å²) in [6.07, 6.45) is 5.09. The largest absolute Gasteiger partial charge is 0.472 e. The highest BCUT2D eigenvalue weighted by Crippen LogP contribution is 2.44. The number of benzene rings is 3. The second-order valence-electron chi connectivity index (χ2n) is 12.3. The molecule has 49 heavy (non-hydrogen) atoms. The zero-order valence-corrected chi connectivity index (χ0v) is 28.0. The Morgan fingerprint density at radius 2 is 1.73 bits per heavy atom. The molecule has 11 nitrogen and oxygen atoms in total. The third-order valence-electron chi connectivity index (χ3n) is 9.37. The molecule has 0 aliphatic carbocycles. The van der Waals surface area contributed by atoms with Crippen molar-refractivity contribution in [2.45, 2.75) is 31.5 Å². The molecule has 3 aliphatic rings. The molecule has 3 aliphatic heterocycles. The number of nitrogens with zero attached hydrogens (tertiary/aromatic N) is 6. The van der Waals surface area contributed by atoms with Crippen molar-refractivity contribution in [1.29, 1.82) is 0 Å². The molecule has 2 atom stereocenters. The summed E-state index contributed by atoms with van der Waals surface area (Å²) in [5, 5.41) is 9.05. The highest BCUT2D eigenvalue weighted by molar-refractivity contribution is 6.40. The zero-order valence-electron chi connectivity index (χ0n) is 26.5. The Morgan fingerprint density at radius 1 is 0.980 bits per heavy atom. The Labute approximate surface area is 290 Å². The van der Waals surface area contributed by atoms with Gasteiger partial charge in [-0.1, -0.05) is 41.4 Å². The van der Waals surface area contributed by atoms with E-state index < -0.39 is 17.7 Å². The standard InChI is InChI=1S/C35H29Cl2FN6O5/c1-42-40-29-13-39-12-25(32(29)41-42)19-8-26(36)31(27(37)9-19)34(45)43-14-18-4-3-5-22(33(18)49-17-43)23-11-30(24(10-28(23)38)35(46)47-2)44-20-6-7-21(44)16-48-15-20/h3-5,8-13,20-21H,6-7,14-17H2,1-2H3. The van der Waals surface area contributed by atoms with Gasteiger partial charge in [0.25, 0.3) is 5.91 Å². The third kappa shape index (κ3) is 5.34. The minimum Gasteiger partial charge on any atom is -0.472 e. The molecule has 2 saturated heterocycles. The molecule has 2 unspecified atom stereocenters. The summed E-state index contributed by atoms with van der Waals surface area (Å²) < 4.78 is 32.9. The van der Waals surface area contributed by atoms with Gasteiger partial charge in [-0.3, -0.25) is 9.78 Å². The molecule has 14 heteroatoms. The number of hydrogen-bond donors (Lipinski definition) is 0. The van der Waals surface area contributed by atoms with Crippen LogP contribution in [0, 0.1) is 5.82 Å². The van der Waals surface area contributed by atoms with Crippen LogP contribution in [0.15, 0.2) is 54.9 Å². The summed E-state index contributed by atoms with van der Waals surface area (Å²) in [6, 6.07) is 11.8. The van der Waals surface area contributed by atoms with E-state index in [1.54, 1.807) is 49.8 Å². The highest BCUT2D eigenvalue weighted by atomic mass is 35.5. The second-order valence-corrected chi connectivity index (χ2v) is 13.1. The topological polar surface area (TPSA) is 112 Å². The molecule has 2 aromatic heterocycles. The number of para-hydroxylation sites is 1. The predicted octanol–water partition coefficient (Wildman–Crippen LogP) is 6.29. The predicted molar refractivity (Wildman–Crippen MR) is 180 cm³/mol. The lowest BCUT2D eigenvalue weighted by atomic mass is 9.96. The number of methoxy groups -OCH3 is 1. The van der Waals surface area contributed by atoms with Crippen LogP contribution in [0.2, 0.25) is 10.0 Å². The van der Waals surface area contributed by atoms with Crippen molar-refractivity contribution in [3.63, 3.8) is 0 Å². The summed E-state index contributed by atoms with van der Waals surface area (Å²) in [5.41, 5.74) is 4.90. The Balaban J connectivity index is 1.11. The number of aryl methyl sites for hydroxylation is 1. The summed E-state index contributed by atoms with van der Waals surface area (Å²) in [6.45, 7) is 1.11. The van der Waals surface area contributed by atoms with E-state index in [-0.39, 0.29) is 52.1 Å². The van der Waals surface area contributed by atoms with Gasteiger partial charge in [0.05, 0.1) is 72.0 Å². The van der Waals surface area contributed by atoms with E-state index in [1.807, 2.05) is 6.07 Å². The van der Waals surface area contributed by atoms with Crippen LogP contribution in [-0.2, 0) is 23.1 Å². The van der Waals surface area contributed by atoms with E-state index in [1.165, 1.54) is 22.9 Å². The number of hydrogen-bond acceptors (Lipinski definition) is 9. The van der Waals surface area contributed by atoms with Gasteiger partial charge in [0.15, 0.2) is 6.73 Å². The van der Waals surface area contributed by atoms with E-state index in [4.69, 9.17) is 37.4 Å². The Kier molecular flexibility index (Phi) is 7.89. The first kappa shape index (κ1) is 31.5. The van der Waals surface area contributed by atoms with Crippen LogP contribution < -0.4 is 9.64 Å². The zero-order chi connectivity index (χ0) is 34.0. The maximum Gasteiger partial charge on any atom is 0.340 e. The smallest absolute Gasteiger partial charge is 0.340 e. The maximum absolute atomic E-state index is 15.9. The Hall–Kier alpha value is -4.78. The van der Waals surface area contributed by atoms with Gasteiger partial charge in [-0.2, -0.15) is 15.0 Å². The SMILES string of the molecule is COC(=O)c1cc(F)c(-c2cccc3c2OCN(C(=O)c2c(Cl)cc(-c4cncc5nn(C)nc45)cc2Cl)C3)cc1N1C2CCC1COC2. The number of morpholine rings is 1. The number of pyridine rings is 1. The summed E-state index contributed by atoms with van der Waals surface area (Å²) in [7, 11) is 3.00. The van der Waals surface area contributed by atoms with Crippen molar-refractivity contribution in [2.75, 3.05) is 32.0 Å². The summed E-state index contributed by atoms with van der Waals surface area (Å²) in [5.74, 6) is -1.18. The van der Waals surface area contributed by atoms with Gasteiger partial charge in [-0.15, -0.1) is 0 Å². The lowest BCUT2D eigenvalue weighted by Crippen LogP contribution is -2.46. The van der Waals surface area contributed by atoms with Crippen LogP contribution in [0.4, 0.5) is 10.1 Å². The average molecular weight is 704 g/mol. The van der Waals surface area contributed by atoms with Crippen molar-refractivity contribution < 1.29 is 28.2 Å². The van der Waals surface area contributed by atoms with E-state index in [0.29, 0.717) is 57.9 Å². The van der Waals surface area contributed by atoms with Crippen molar-refractivity contribution >= 4 is 51.8 Å². The number of esters is 1. The molecule has 3 aromatic carbocycles. The molecule has 0 radical (unpaired) electrons. The molecule has 5 aromatic rings. The Bertz CT molecular complexity index is 2140. The van der Waals surface area contributed by atoms with Crippen molar-refractivity contribution in [2.24, 2.45) is 7.05 Å². The van der Waals surface area contributed by atoms with Gasteiger partial charge in [-0.05, 0) is 42.7 Å². The first-order valence-electron chi connectivity index (χ1n) is 15.7. The van der Waals surface area contributed by atoms with Crippen LogP contribution in [-0.4, -0.2) is 75.9 Å². The average Bonchev–Trinajstić information content (AvgIpc) is 3.60. The van der Waals surface area contributed by atoms with E-state index in [2.05, 4.69) is 20.1 Å². The highest BCUT2D eigenvalue weighted by Gasteiger charge is 2.40. The van der Waals surface area contributed by atoms with Crippen molar-refractivity contribution in [1.82, 2.24) is 24.9 Å². The van der Waals surface area contributed by atoms with Crippen molar-refractivity contribution in [3.8, 4) is 28.0 Å². The maximum atomic E-state index is 15.9. The molecule has 8 rings (SSSR count). The molecule has 2 bridgehead atoms. The van der Waals surface area contributed by atoms with Gasteiger partial charge in [0.1, 0.15) is 22.6 Å². The molecular formula is C35H29Cl2FN6O5. The van der Waals surface area contributed by atoms with E-state index >= 15 is 4.39 Å². The third-order valence-corrected chi connectivity index (χ3v) is 9.97. The molecule has 250 valence electrons. The van der Waals surface area contributed by atoms with Crippen LogP contribution in [0.1, 0.15) is 39.1 Å². The first-order valence-corrected chi connectivity index (χ1v) is 16.4. The number of fused-ring (bicyclic) bond motifs is 4. The van der Waals surface area contributed by atoms with Gasteiger partial charge in [0.2, 0.25) is 0 Å². The second kappa shape index (κ2) is 12.3. The number of halogens is 3. The van der Waals surface area contributed by atoms with E-state index in [0.717, 1.165) is 12.8 Å². The quantitative estimate of drug-likeness (QED) is 0.195.